The minimum atomic E-state index is -0.346. The van der Waals surface area contributed by atoms with Gasteiger partial charge in [0.2, 0.25) is 0 Å². The minimum absolute atomic E-state index is 0.0448. The summed E-state index contributed by atoms with van der Waals surface area (Å²) in [5.74, 6) is -0.346. The van der Waals surface area contributed by atoms with E-state index in [9.17, 15) is 4.79 Å². The molecule has 94 valence electrons. The number of hydrogen-bond donors (Lipinski definition) is 1. The number of aromatic nitrogens is 1. The van der Waals surface area contributed by atoms with Crippen LogP contribution in [0.2, 0.25) is 20.4 Å². The van der Waals surface area contributed by atoms with Crippen molar-refractivity contribution in [2.75, 3.05) is 5.73 Å². The van der Waals surface area contributed by atoms with Crippen molar-refractivity contribution in [3.63, 3.8) is 0 Å². The zero-order valence-electron chi connectivity index (χ0n) is 9.10. The molecule has 1 aromatic heterocycles. The Morgan fingerprint density at radius 1 is 1.11 bits per heavy atom. The molecule has 0 amide bonds. The highest BCUT2D eigenvalue weighted by molar-refractivity contribution is 6.46. The smallest absolute Gasteiger partial charge is 0.391 e. The summed E-state index contributed by atoms with van der Waals surface area (Å²) >= 11 is 24.2. The highest BCUT2D eigenvalue weighted by Crippen LogP contribution is 2.36. The Balaban J connectivity index is 3.03. The predicted molar refractivity (Wildman–Crippen MR) is 74.9 cm³/mol. The van der Waals surface area contributed by atoms with Gasteiger partial charge in [-0.2, -0.15) is 0 Å². The maximum absolute atomic E-state index is 11.5. The Hall–Kier alpha value is -0.740. The third-order valence-electron chi connectivity index (χ3n) is 2.48. The van der Waals surface area contributed by atoms with E-state index in [1.54, 1.807) is 12.1 Å². The van der Waals surface area contributed by atoms with Crippen LogP contribution in [0.25, 0.3) is 10.8 Å². The van der Waals surface area contributed by atoms with E-state index in [2.05, 4.69) is 0 Å². The van der Waals surface area contributed by atoms with Gasteiger partial charge in [-0.3, -0.25) is 0 Å². The number of carbonyl (C=O) groups excluding carboxylic acids is 1. The zero-order valence-corrected chi connectivity index (χ0v) is 12.1. The lowest BCUT2D eigenvalue weighted by Gasteiger charge is -2.06. The molecule has 18 heavy (non-hydrogen) atoms. The number of benzene rings is 1. The Kier molecular flexibility index (Phi) is 3.60. The summed E-state index contributed by atoms with van der Waals surface area (Å²) in [4.78, 5) is 11.5. The van der Waals surface area contributed by atoms with Crippen molar-refractivity contribution in [1.29, 1.82) is 0 Å². The van der Waals surface area contributed by atoms with Crippen LogP contribution in [0.1, 0.15) is 11.7 Å². The number of carbonyl (C=O) groups is 1. The van der Waals surface area contributed by atoms with Crippen molar-refractivity contribution >= 4 is 68.8 Å². The van der Waals surface area contributed by atoms with Gasteiger partial charge in [0.15, 0.2) is 0 Å². The SMILES string of the molecule is CC(=O)[n+]1c(Cl)c(Cl)c2cc(N)c(Cl)cc2c1Cl. The molecule has 0 fully saturated rings. The van der Waals surface area contributed by atoms with Crippen LogP contribution in [0.4, 0.5) is 5.69 Å². The lowest BCUT2D eigenvalue weighted by atomic mass is 10.1. The molecule has 2 N–H and O–H groups in total. The number of fused-ring (bicyclic) bond motifs is 1. The van der Waals surface area contributed by atoms with Gasteiger partial charge in [0, 0.05) is 5.39 Å². The number of nitrogen functional groups attached to an aromatic ring is 1. The van der Waals surface area contributed by atoms with Crippen LogP contribution in [0.3, 0.4) is 0 Å². The number of nitrogens with two attached hydrogens (primary N) is 1. The molecule has 1 aromatic carbocycles. The molecule has 0 unspecified atom stereocenters. The fourth-order valence-corrected chi connectivity index (χ4v) is 2.75. The molecule has 0 spiro atoms. The van der Waals surface area contributed by atoms with E-state index >= 15 is 0 Å². The topological polar surface area (TPSA) is 47.0 Å². The van der Waals surface area contributed by atoms with Crippen LogP contribution in [-0.4, -0.2) is 5.91 Å². The molecular formula is C11H7Cl4N2O+. The van der Waals surface area contributed by atoms with Crippen molar-refractivity contribution in [2.24, 2.45) is 0 Å². The van der Waals surface area contributed by atoms with Gasteiger partial charge >= 0.3 is 11.1 Å². The molecule has 0 saturated heterocycles. The lowest BCUT2D eigenvalue weighted by Crippen LogP contribution is -2.43. The van der Waals surface area contributed by atoms with Crippen molar-refractivity contribution in [1.82, 2.24) is 0 Å². The van der Waals surface area contributed by atoms with Crippen LogP contribution in [0, 0.1) is 0 Å². The molecule has 2 aromatic rings. The molecular weight excluding hydrogens is 318 g/mol. The Morgan fingerprint density at radius 2 is 1.72 bits per heavy atom. The second-order valence-electron chi connectivity index (χ2n) is 3.67. The molecule has 2 rings (SSSR count). The van der Waals surface area contributed by atoms with Crippen LogP contribution < -0.4 is 10.3 Å². The number of hydrogen-bond acceptors (Lipinski definition) is 2. The van der Waals surface area contributed by atoms with Gasteiger partial charge in [-0.15, -0.1) is 0 Å². The first kappa shape index (κ1) is 13.7. The average molecular weight is 325 g/mol. The molecule has 0 atom stereocenters. The van der Waals surface area contributed by atoms with Crippen LogP contribution in [-0.2, 0) is 0 Å². The first-order valence-corrected chi connectivity index (χ1v) is 6.34. The monoisotopic (exact) mass is 323 g/mol. The first-order valence-electron chi connectivity index (χ1n) is 4.82. The minimum Gasteiger partial charge on any atom is -0.398 e. The first-order chi connectivity index (χ1) is 8.34. The summed E-state index contributed by atoms with van der Waals surface area (Å²) in [5.41, 5.74) is 6.06. The third kappa shape index (κ3) is 2.01. The van der Waals surface area contributed by atoms with Gasteiger partial charge in [-0.1, -0.05) is 27.8 Å². The zero-order chi connectivity index (χ0) is 13.6. The molecule has 0 aliphatic heterocycles. The van der Waals surface area contributed by atoms with Gasteiger partial charge in [0.1, 0.15) is 5.02 Å². The number of halogens is 4. The van der Waals surface area contributed by atoms with E-state index in [1.807, 2.05) is 0 Å². The van der Waals surface area contributed by atoms with Crippen molar-refractivity contribution in [2.45, 2.75) is 6.92 Å². The van der Waals surface area contributed by atoms with E-state index in [4.69, 9.17) is 52.1 Å². The van der Waals surface area contributed by atoms with Gasteiger partial charge in [0.05, 0.1) is 23.0 Å². The predicted octanol–water partition coefficient (Wildman–Crippen LogP) is 3.98. The maximum atomic E-state index is 11.5. The largest absolute Gasteiger partial charge is 0.398 e. The fraction of sp³-hybridized carbons (Fsp3) is 0.0909. The maximum Gasteiger partial charge on any atom is 0.391 e. The van der Waals surface area contributed by atoms with E-state index in [-0.39, 0.29) is 21.2 Å². The van der Waals surface area contributed by atoms with Crippen molar-refractivity contribution < 1.29 is 9.36 Å². The summed E-state index contributed by atoms with van der Waals surface area (Å²) < 4.78 is 1.11. The average Bonchev–Trinajstić information content (AvgIpc) is 2.29. The van der Waals surface area contributed by atoms with E-state index in [1.165, 1.54) is 6.92 Å². The third-order valence-corrected chi connectivity index (χ3v) is 4.02. The quantitative estimate of drug-likeness (QED) is 0.452. The molecule has 3 nitrogen and oxygen atoms in total. The normalized spacial score (nSPS) is 10.9. The highest BCUT2D eigenvalue weighted by Gasteiger charge is 2.27. The van der Waals surface area contributed by atoms with E-state index < -0.39 is 0 Å². The summed E-state index contributed by atoms with van der Waals surface area (Å²) in [7, 11) is 0. The molecule has 1 heterocycles. The molecule has 0 bridgehead atoms. The second kappa shape index (κ2) is 4.74. The summed E-state index contributed by atoms with van der Waals surface area (Å²) in [6.45, 7) is 1.33. The van der Waals surface area contributed by atoms with Gasteiger partial charge in [-0.25, -0.2) is 4.79 Å². The van der Waals surface area contributed by atoms with Crippen molar-refractivity contribution in [3.05, 3.63) is 32.5 Å². The Bertz CT molecular complexity index is 685. The molecule has 0 aliphatic rings. The van der Waals surface area contributed by atoms with Crippen LogP contribution in [0.15, 0.2) is 12.1 Å². The van der Waals surface area contributed by atoms with Crippen LogP contribution in [0.5, 0.6) is 0 Å². The molecule has 7 heteroatoms. The standard InChI is InChI=1S/C11H6Cl4N2O/c1-4(18)17-10(14)6-2-7(12)8(16)3-5(6)9(13)11(17)15/h2-3,16H,1H3/p+1. The number of pyridine rings is 1. The van der Waals surface area contributed by atoms with Gasteiger partial charge in [-0.05, 0) is 35.3 Å². The second-order valence-corrected chi connectivity index (χ2v) is 5.17. The highest BCUT2D eigenvalue weighted by atomic mass is 35.5. The van der Waals surface area contributed by atoms with E-state index in [0.29, 0.717) is 21.5 Å². The molecule has 0 radical (unpaired) electrons. The van der Waals surface area contributed by atoms with E-state index in [0.717, 1.165) is 4.57 Å². The Morgan fingerprint density at radius 3 is 2.28 bits per heavy atom. The fourth-order valence-electron chi connectivity index (χ4n) is 1.63. The summed E-state index contributed by atoms with van der Waals surface area (Å²) in [5, 5.41) is 1.79. The Labute approximate surface area is 123 Å². The number of rotatable bonds is 0. The lowest BCUT2D eigenvalue weighted by molar-refractivity contribution is -0.566. The number of anilines is 1. The molecule has 0 aliphatic carbocycles. The number of nitrogens with zero attached hydrogens (tertiary/aromatic N) is 1. The van der Waals surface area contributed by atoms with Gasteiger partial charge < -0.3 is 5.73 Å². The summed E-state index contributed by atoms with van der Waals surface area (Å²) in [6.07, 6.45) is 0. The molecule has 0 saturated carbocycles. The van der Waals surface area contributed by atoms with Crippen molar-refractivity contribution in [3.8, 4) is 0 Å². The summed E-state index contributed by atoms with van der Waals surface area (Å²) in [6, 6.07) is 3.12. The van der Waals surface area contributed by atoms with Crippen LogP contribution >= 0.6 is 46.4 Å². The van der Waals surface area contributed by atoms with Gasteiger partial charge in [0.25, 0.3) is 5.15 Å².